The number of nitrogens with one attached hydrogen (secondary N) is 1. The summed E-state index contributed by atoms with van der Waals surface area (Å²) in [5, 5.41) is 7.61. The number of rotatable bonds is 4. The average molecular weight is 379 g/mol. The number of likely N-dealkylation sites (tertiary alicyclic amines) is 1. The van der Waals surface area contributed by atoms with Gasteiger partial charge in [-0.15, -0.1) is 0 Å². The summed E-state index contributed by atoms with van der Waals surface area (Å²) in [5.41, 5.74) is 1.43. The Balaban J connectivity index is 1.18. The smallest absolute Gasteiger partial charge is 0.225 e. The van der Waals surface area contributed by atoms with E-state index in [2.05, 4.69) is 45.4 Å². The summed E-state index contributed by atoms with van der Waals surface area (Å²) in [4.78, 5) is 20.0. The highest BCUT2D eigenvalue weighted by Gasteiger charge is 2.34. The third-order valence-corrected chi connectivity index (χ3v) is 6.93. The number of aromatic amines is 1. The zero-order chi connectivity index (χ0) is 18.9. The van der Waals surface area contributed by atoms with Crippen molar-refractivity contribution in [3.63, 3.8) is 0 Å². The predicted molar refractivity (Wildman–Crippen MR) is 108 cm³/mol. The molecule has 2 aliphatic carbocycles. The van der Waals surface area contributed by atoms with Crippen molar-refractivity contribution in [2.75, 3.05) is 13.1 Å². The molecule has 5 nitrogen and oxygen atoms in total. The van der Waals surface area contributed by atoms with Crippen LogP contribution in [0.15, 0.2) is 30.3 Å². The van der Waals surface area contributed by atoms with E-state index in [1.54, 1.807) is 0 Å². The number of hydrogen-bond donors (Lipinski definition) is 1. The highest BCUT2D eigenvalue weighted by Crippen LogP contribution is 2.39. The first kappa shape index (κ1) is 17.9. The third kappa shape index (κ3) is 3.71. The fourth-order valence-corrected chi connectivity index (χ4v) is 5.06. The molecule has 3 aliphatic rings. The van der Waals surface area contributed by atoms with Crippen molar-refractivity contribution < 1.29 is 4.79 Å². The zero-order valence-corrected chi connectivity index (χ0v) is 16.5. The van der Waals surface area contributed by atoms with Gasteiger partial charge in [0.25, 0.3) is 0 Å². The fraction of sp³-hybridized carbons (Fsp3) is 0.609. The van der Waals surface area contributed by atoms with Crippen LogP contribution in [0, 0.1) is 5.92 Å². The van der Waals surface area contributed by atoms with Crippen LogP contribution in [0.1, 0.15) is 86.3 Å². The number of aromatic nitrogens is 3. The quantitative estimate of drug-likeness (QED) is 0.860. The Kier molecular flexibility index (Phi) is 4.91. The van der Waals surface area contributed by atoms with Gasteiger partial charge in [-0.1, -0.05) is 30.3 Å². The molecule has 1 aromatic carbocycles. The van der Waals surface area contributed by atoms with E-state index in [-0.39, 0.29) is 5.92 Å². The van der Waals surface area contributed by atoms with Gasteiger partial charge in [-0.25, -0.2) is 4.98 Å². The number of piperidine rings is 1. The van der Waals surface area contributed by atoms with Gasteiger partial charge in [-0.3, -0.25) is 9.89 Å². The standard InChI is InChI=1S/C23H30N4O/c28-23(19-12-8-17(9-13-19)16-5-2-1-3-6-16)27-14-4-7-20(15-27)22-24-21(25-26-22)18-10-11-18/h1-3,5-6,17-20H,4,7-15H2,(H,24,25,26). The van der Waals surface area contributed by atoms with Crippen molar-refractivity contribution >= 4 is 5.91 Å². The summed E-state index contributed by atoms with van der Waals surface area (Å²) < 4.78 is 0. The number of carbonyl (C=O) groups excluding carboxylic acids is 1. The van der Waals surface area contributed by atoms with Crippen molar-refractivity contribution in [2.45, 2.75) is 69.1 Å². The Bertz CT molecular complexity index is 805. The molecular formula is C23H30N4O. The fourth-order valence-electron chi connectivity index (χ4n) is 5.06. The van der Waals surface area contributed by atoms with E-state index in [0.29, 0.717) is 23.7 Å². The van der Waals surface area contributed by atoms with E-state index in [4.69, 9.17) is 4.98 Å². The molecular weight excluding hydrogens is 348 g/mol. The lowest BCUT2D eigenvalue weighted by atomic mass is 9.78. The maximum Gasteiger partial charge on any atom is 0.225 e. The first-order valence-corrected chi connectivity index (χ1v) is 11.0. The van der Waals surface area contributed by atoms with Crippen LogP contribution in [0.3, 0.4) is 0 Å². The number of nitrogens with zero attached hydrogens (tertiary/aromatic N) is 3. The molecule has 1 aromatic heterocycles. The molecule has 2 heterocycles. The second-order valence-electron chi connectivity index (χ2n) is 8.94. The van der Waals surface area contributed by atoms with E-state index < -0.39 is 0 Å². The van der Waals surface area contributed by atoms with Crippen LogP contribution < -0.4 is 0 Å². The lowest BCUT2D eigenvalue weighted by molar-refractivity contribution is -0.138. The van der Waals surface area contributed by atoms with Gasteiger partial charge in [0, 0.05) is 30.8 Å². The van der Waals surface area contributed by atoms with E-state index >= 15 is 0 Å². The van der Waals surface area contributed by atoms with Crippen molar-refractivity contribution in [3.8, 4) is 0 Å². The van der Waals surface area contributed by atoms with Crippen LogP contribution >= 0.6 is 0 Å². The molecule has 2 saturated carbocycles. The second-order valence-corrected chi connectivity index (χ2v) is 8.94. The van der Waals surface area contributed by atoms with E-state index in [1.165, 1.54) is 18.4 Å². The van der Waals surface area contributed by atoms with Crippen LogP contribution in [0.2, 0.25) is 0 Å². The minimum Gasteiger partial charge on any atom is -0.342 e. The summed E-state index contributed by atoms with van der Waals surface area (Å²) >= 11 is 0. The van der Waals surface area contributed by atoms with Crippen LogP contribution in [-0.4, -0.2) is 39.1 Å². The molecule has 28 heavy (non-hydrogen) atoms. The molecule has 1 saturated heterocycles. The van der Waals surface area contributed by atoms with E-state index in [0.717, 1.165) is 63.3 Å². The van der Waals surface area contributed by atoms with Gasteiger partial charge in [-0.2, -0.15) is 5.10 Å². The zero-order valence-electron chi connectivity index (χ0n) is 16.5. The number of carbonyl (C=O) groups is 1. The topological polar surface area (TPSA) is 61.9 Å². The molecule has 1 atom stereocenters. The normalized spacial score (nSPS) is 28.3. The van der Waals surface area contributed by atoms with E-state index in [1.807, 2.05) is 0 Å². The van der Waals surface area contributed by atoms with E-state index in [9.17, 15) is 4.79 Å². The molecule has 3 fully saturated rings. The summed E-state index contributed by atoms with van der Waals surface area (Å²) in [6, 6.07) is 10.8. The van der Waals surface area contributed by atoms with Gasteiger partial charge >= 0.3 is 0 Å². The summed E-state index contributed by atoms with van der Waals surface area (Å²) in [6.45, 7) is 1.69. The number of hydrogen-bond acceptors (Lipinski definition) is 3. The molecule has 1 aliphatic heterocycles. The average Bonchev–Trinajstić information content (AvgIpc) is 3.50. The molecule has 5 rings (SSSR count). The first-order chi connectivity index (χ1) is 13.8. The number of benzene rings is 1. The second kappa shape index (κ2) is 7.69. The maximum atomic E-state index is 13.2. The number of amides is 1. The van der Waals surface area contributed by atoms with Crippen molar-refractivity contribution in [3.05, 3.63) is 47.5 Å². The Morgan fingerprint density at radius 3 is 2.43 bits per heavy atom. The van der Waals surface area contributed by atoms with Crippen LogP contribution in [0.4, 0.5) is 0 Å². The molecule has 0 spiro atoms. The Morgan fingerprint density at radius 2 is 1.68 bits per heavy atom. The maximum absolute atomic E-state index is 13.2. The minimum atomic E-state index is 0.202. The summed E-state index contributed by atoms with van der Waals surface area (Å²) in [6.07, 6.45) is 8.91. The monoisotopic (exact) mass is 378 g/mol. The molecule has 5 heteroatoms. The van der Waals surface area contributed by atoms with Crippen molar-refractivity contribution in [1.82, 2.24) is 20.1 Å². The van der Waals surface area contributed by atoms with Crippen LogP contribution in [0.5, 0.6) is 0 Å². The van der Waals surface area contributed by atoms with Gasteiger partial charge in [0.2, 0.25) is 5.91 Å². The van der Waals surface area contributed by atoms with Crippen LogP contribution in [-0.2, 0) is 4.79 Å². The van der Waals surface area contributed by atoms with Gasteiger partial charge in [0.15, 0.2) is 5.82 Å². The first-order valence-electron chi connectivity index (χ1n) is 11.0. The summed E-state index contributed by atoms with van der Waals surface area (Å²) in [5.74, 6) is 4.06. The van der Waals surface area contributed by atoms with Crippen LogP contribution in [0.25, 0.3) is 0 Å². The molecule has 0 bridgehead atoms. The summed E-state index contributed by atoms with van der Waals surface area (Å²) in [7, 11) is 0. The minimum absolute atomic E-state index is 0.202. The molecule has 2 aromatic rings. The van der Waals surface area contributed by atoms with Crippen molar-refractivity contribution in [1.29, 1.82) is 0 Å². The lowest BCUT2D eigenvalue weighted by Gasteiger charge is -2.36. The number of H-pyrrole nitrogens is 1. The Morgan fingerprint density at radius 1 is 0.929 bits per heavy atom. The van der Waals surface area contributed by atoms with Gasteiger partial charge < -0.3 is 4.90 Å². The molecule has 1 amide bonds. The molecule has 1 unspecified atom stereocenters. The van der Waals surface area contributed by atoms with Gasteiger partial charge in [0.05, 0.1) is 0 Å². The molecule has 1 N–H and O–H groups in total. The van der Waals surface area contributed by atoms with Gasteiger partial charge in [-0.05, 0) is 62.8 Å². The largest absolute Gasteiger partial charge is 0.342 e. The Hall–Kier alpha value is -2.17. The molecule has 148 valence electrons. The predicted octanol–water partition coefficient (Wildman–Crippen LogP) is 4.36. The Labute approximate surface area is 166 Å². The van der Waals surface area contributed by atoms with Gasteiger partial charge in [0.1, 0.15) is 5.82 Å². The van der Waals surface area contributed by atoms with Crippen molar-refractivity contribution in [2.24, 2.45) is 5.92 Å². The molecule has 0 radical (unpaired) electrons. The lowest BCUT2D eigenvalue weighted by Crippen LogP contribution is -2.43. The highest BCUT2D eigenvalue weighted by molar-refractivity contribution is 5.79. The SMILES string of the molecule is O=C(C1CCC(c2ccccc2)CC1)N1CCCC(c2n[nH]c(C3CC3)n2)C1. The highest BCUT2D eigenvalue weighted by atomic mass is 16.2. The third-order valence-electron chi connectivity index (χ3n) is 6.93.